The van der Waals surface area contributed by atoms with E-state index < -0.39 is 0 Å². The van der Waals surface area contributed by atoms with Crippen molar-refractivity contribution in [1.29, 1.82) is 0 Å². The summed E-state index contributed by atoms with van der Waals surface area (Å²) in [7, 11) is 0. The second-order valence-electron chi connectivity index (χ2n) is 16.7. The summed E-state index contributed by atoms with van der Waals surface area (Å²) in [5, 5.41) is 5.39. The standard InChI is InChI=1S/C50H37BN2S2/c1-49-26-11-12-27-50(49,2)53(38-19-8-6-17-35(38)49)30-28-34-31-14-3-7-18-36(31)51-37-24-25-44-46(33-16-5-10-22-42(33)55-44)48(37)52(40(29-30)47(34)51)39-20-13-23-43-45(39)32-15-4-9-21-41(32)54-43/h3-10,13-25,28-29H,11-12,26-27H2,1-2H3. The van der Waals surface area contributed by atoms with Crippen molar-refractivity contribution in [3.63, 3.8) is 0 Å². The first-order valence-electron chi connectivity index (χ1n) is 19.9. The van der Waals surface area contributed by atoms with Crippen LogP contribution >= 0.6 is 22.7 Å². The fraction of sp³-hybridized carbons (Fsp3) is 0.160. The Kier molecular flexibility index (Phi) is 6.01. The molecular weight excluding hydrogens is 704 g/mol. The molecule has 1 fully saturated rings. The Labute approximate surface area is 329 Å². The Morgan fingerprint density at radius 3 is 2.07 bits per heavy atom. The molecular formula is C50H37BN2S2. The topological polar surface area (TPSA) is 6.48 Å². The van der Waals surface area contributed by atoms with Crippen LogP contribution in [0.15, 0.2) is 140 Å². The second-order valence-corrected chi connectivity index (χ2v) is 18.8. The van der Waals surface area contributed by atoms with Crippen LogP contribution in [0, 0.1) is 0 Å². The number of thiophene rings is 2. The lowest BCUT2D eigenvalue weighted by Crippen LogP contribution is -2.55. The third-order valence-electron chi connectivity index (χ3n) is 14.2. The van der Waals surface area contributed by atoms with Crippen molar-refractivity contribution in [2.45, 2.75) is 50.5 Å². The Morgan fingerprint density at radius 1 is 0.545 bits per heavy atom. The van der Waals surface area contributed by atoms with Crippen molar-refractivity contribution in [1.82, 2.24) is 0 Å². The summed E-state index contributed by atoms with van der Waals surface area (Å²) >= 11 is 3.83. The number of benzene rings is 7. The molecule has 1 saturated carbocycles. The van der Waals surface area contributed by atoms with Gasteiger partial charge in [0.05, 0.1) is 16.9 Å². The lowest BCUT2D eigenvalue weighted by molar-refractivity contribution is 0.195. The fourth-order valence-electron chi connectivity index (χ4n) is 11.6. The molecule has 4 aliphatic rings. The van der Waals surface area contributed by atoms with Crippen LogP contribution in [0.3, 0.4) is 0 Å². The van der Waals surface area contributed by atoms with Crippen molar-refractivity contribution >= 4 is 115 Å². The van der Waals surface area contributed by atoms with Gasteiger partial charge in [-0.1, -0.05) is 116 Å². The summed E-state index contributed by atoms with van der Waals surface area (Å²) in [5.41, 5.74) is 15.2. The van der Waals surface area contributed by atoms with Crippen molar-refractivity contribution in [2.24, 2.45) is 0 Å². The Balaban J connectivity index is 1.20. The maximum absolute atomic E-state index is 2.78. The number of hydrogen-bond acceptors (Lipinski definition) is 4. The molecule has 2 atom stereocenters. The van der Waals surface area contributed by atoms with E-state index in [2.05, 4.69) is 163 Å². The van der Waals surface area contributed by atoms with E-state index in [0.717, 1.165) is 0 Å². The smallest absolute Gasteiger partial charge is 0.248 e. The predicted molar refractivity (Wildman–Crippen MR) is 240 cm³/mol. The highest BCUT2D eigenvalue weighted by Gasteiger charge is 2.58. The molecule has 2 unspecified atom stereocenters. The van der Waals surface area contributed by atoms with E-state index in [1.54, 1.807) is 0 Å². The normalized spacial score (nSPS) is 20.7. The zero-order chi connectivity index (χ0) is 36.2. The predicted octanol–water partition coefficient (Wildman–Crippen LogP) is 12.4. The summed E-state index contributed by atoms with van der Waals surface area (Å²) in [4.78, 5) is 5.50. The molecule has 7 aromatic carbocycles. The Morgan fingerprint density at radius 2 is 1.22 bits per heavy atom. The van der Waals surface area contributed by atoms with Crippen LogP contribution in [0.4, 0.5) is 28.4 Å². The molecule has 13 rings (SSSR count). The third-order valence-corrected chi connectivity index (χ3v) is 16.5. The van der Waals surface area contributed by atoms with Crippen LogP contribution in [-0.4, -0.2) is 12.3 Å². The summed E-state index contributed by atoms with van der Waals surface area (Å²) in [6.07, 6.45) is 4.94. The molecule has 2 aromatic heterocycles. The highest BCUT2D eigenvalue weighted by atomic mass is 32.1. The summed E-state index contributed by atoms with van der Waals surface area (Å²) in [6.45, 7) is 5.27. The van der Waals surface area contributed by atoms with Crippen LogP contribution in [0.1, 0.15) is 45.1 Å². The molecule has 1 aliphatic carbocycles. The van der Waals surface area contributed by atoms with Crippen LogP contribution < -0.4 is 26.2 Å². The zero-order valence-corrected chi connectivity index (χ0v) is 32.5. The molecule has 0 radical (unpaired) electrons. The number of rotatable bonds is 2. The minimum atomic E-state index is -0.0365. The average molecular weight is 741 g/mol. The van der Waals surface area contributed by atoms with Crippen LogP contribution in [0.25, 0.3) is 51.5 Å². The maximum atomic E-state index is 2.78. The van der Waals surface area contributed by atoms with Gasteiger partial charge in [0.2, 0.25) is 6.71 Å². The van der Waals surface area contributed by atoms with Crippen LogP contribution in [0.5, 0.6) is 0 Å². The number of fused-ring (bicyclic) bond motifs is 15. The van der Waals surface area contributed by atoms with E-state index in [4.69, 9.17) is 0 Å². The van der Waals surface area contributed by atoms with E-state index in [-0.39, 0.29) is 17.7 Å². The monoisotopic (exact) mass is 740 g/mol. The fourth-order valence-corrected chi connectivity index (χ4v) is 13.9. The van der Waals surface area contributed by atoms with Gasteiger partial charge in [0, 0.05) is 62.8 Å². The Hall–Kier alpha value is -5.36. The largest absolute Gasteiger partial charge is 0.334 e. The number of nitrogens with zero attached hydrogens (tertiary/aromatic N) is 2. The summed E-state index contributed by atoms with van der Waals surface area (Å²) in [5.74, 6) is 0. The van der Waals surface area contributed by atoms with Gasteiger partial charge in [-0.3, -0.25) is 0 Å². The number of anilines is 5. The molecule has 0 N–H and O–H groups in total. The van der Waals surface area contributed by atoms with Crippen molar-refractivity contribution in [2.75, 3.05) is 9.80 Å². The zero-order valence-electron chi connectivity index (χ0n) is 30.9. The van der Waals surface area contributed by atoms with Crippen molar-refractivity contribution in [3.05, 3.63) is 145 Å². The van der Waals surface area contributed by atoms with E-state index in [0.29, 0.717) is 0 Å². The highest BCUT2D eigenvalue weighted by Crippen LogP contribution is 2.61. The first-order valence-corrected chi connectivity index (χ1v) is 21.5. The molecule has 2 nitrogen and oxygen atoms in total. The van der Waals surface area contributed by atoms with Crippen LogP contribution in [0.2, 0.25) is 0 Å². The SMILES string of the molecule is CC12CCCCC1(C)N(c1cc3c4c(c1)N(c1cccc5sc6ccccc6c15)c1c(ccc5sc6ccccc6c15)B4c1ccccc1-3)c1ccccc12. The third kappa shape index (κ3) is 3.77. The molecule has 55 heavy (non-hydrogen) atoms. The van der Waals surface area contributed by atoms with Crippen molar-refractivity contribution < 1.29 is 0 Å². The molecule has 5 heterocycles. The minimum absolute atomic E-state index is 0.0365. The van der Waals surface area contributed by atoms with Gasteiger partial charge in [0.15, 0.2) is 0 Å². The summed E-state index contributed by atoms with van der Waals surface area (Å²) < 4.78 is 5.36. The Bertz CT molecular complexity index is 3140. The lowest BCUT2D eigenvalue weighted by atomic mass is 9.37. The first kappa shape index (κ1) is 30.9. The number of hydrogen-bond donors (Lipinski definition) is 0. The quantitative estimate of drug-likeness (QED) is 0.163. The van der Waals surface area contributed by atoms with Gasteiger partial charge in [-0.15, -0.1) is 22.7 Å². The molecule has 0 saturated heterocycles. The van der Waals surface area contributed by atoms with Gasteiger partial charge >= 0.3 is 0 Å². The molecule has 5 heteroatoms. The van der Waals surface area contributed by atoms with Gasteiger partial charge in [0.25, 0.3) is 0 Å². The van der Waals surface area contributed by atoms with Crippen LogP contribution in [-0.2, 0) is 5.41 Å². The van der Waals surface area contributed by atoms with Gasteiger partial charge in [-0.2, -0.15) is 0 Å². The summed E-state index contributed by atoms with van der Waals surface area (Å²) in [6, 6.07) is 53.7. The average Bonchev–Trinajstić information content (AvgIpc) is 3.94. The first-order chi connectivity index (χ1) is 27.0. The highest BCUT2D eigenvalue weighted by molar-refractivity contribution is 7.26. The van der Waals surface area contributed by atoms with Gasteiger partial charge in [-0.05, 0) is 95.9 Å². The minimum Gasteiger partial charge on any atom is -0.334 e. The maximum Gasteiger partial charge on any atom is 0.248 e. The molecule has 0 spiro atoms. The van der Waals surface area contributed by atoms with E-state index in [1.807, 2.05) is 22.7 Å². The molecule has 3 aliphatic heterocycles. The van der Waals surface area contributed by atoms with Gasteiger partial charge in [-0.25, -0.2) is 0 Å². The number of para-hydroxylation sites is 1. The van der Waals surface area contributed by atoms with Gasteiger partial charge < -0.3 is 9.80 Å². The van der Waals surface area contributed by atoms with Crippen molar-refractivity contribution in [3.8, 4) is 11.1 Å². The lowest BCUT2D eigenvalue weighted by Gasteiger charge is -2.50. The molecule has 262 valence electrons. The molecule has 0 bridgehead atoms. The van der Waals surface area contributed by atoms with E-state index >= 15 is 0 Å². The molecule has 0 amide bonds. The van der Waals surface area contributed by atoms with E-state index in [9.17, 15) is 0 Å². The second kappa shape index (κ2) is 10.7. The van der Waals surface area contributed by atoms with Gasteiger partial charge in [0.1, 0.15) is 0 Å². The van der Waals surface area contributed by atoms with E-state index in [1.165, 1.54) is 128 Å². The molecule has 9 aromatic rings.